The van der Waals surface area contributed by atoms with Crippen molar-refractivity contribution in [3.63, 3.8) is 0 Å². The minimum Gasteiger partial charge on any atom is -0.373 e. The number of halogens is 2. The molecule has 12 heavy (non-hydrogen) atoms. The van der Waals surface area contributed by atoms with Crippen molar-refractivity contribution >= 4 is 0 Å². The molecule has 0 aromatic carbocycles. The van der Waals surface area contributed by atoms with E-state index in [0.29, 0.717) is 13.0 Å². The Kier molecular flexibility index (Phi) is 2.40. The van der Waals surface area contributed by atoms with Gasteiger partial charge in [-0.1, -0.05) is 0 Å². The summed E-state index contributed by atoms with van der Waals surface area (Å²) >= 11 is 0. The summed E-state index contributed by atoms with van der Waals surface area (Å²) in [6, 6.07) is 0. The van der Waals surface area contributed by atoms with Gasteiger partial charge in [0.25, 0.3) is 6.43 Å². The number of alkyl halides is 2. The van der Waals surface area contributed by atoms with Crippen molar-refractivity contribution in [3.05, 3.63) is 0 Å². The summed E-state index contributed by atoms with van der Waals surface area (Å²) in [6.45, 7) is 3.80. The first kappa shape index (κ1) is 9.86. The molecule has 0 amide bonds. The molecule has 0 radical (unpaired) electrons. The van der Waals surface area contributed by atoms with Gasteiger partial charge in [0.05, 0.1) is 5.60 Å². The Balaban J connectivity index is 2.92. The predicted octanol–water partition coefficient (Wildman–Crippen LogP) is 1.41. The first-order chi connectivity index (χ1) is 5.46. The second kappa shape index (κ2) is 2.92. The highest BCUT2D eigenvalue weighted by Gasteiger charge is 2.55. The zero-order valence-electron chi connectivity index (χ0n) is 7.66. The van der Waals surface area contributed by atoms with Crippen LogP contribution in [0.2, 0.25) is 0 Å². The standard InChI is InChI=1S/C8H15F2NO/c1-7(2)8(11-3,6(9)10)4-5-12-7/h6,11H,4-5H2,1-3H3. The molecule has 1 heterocycles. The van der Waals surface area contributed by atoms with E-state index in [1.54, 1.807) is 20.9 Å². The quantitative estimate of drug-likeness (QED) is 0.692. The zero-order chi connectivity index (χ0) is 9.41. The molecule has 0 saturated carbocycles. The van der Waals surface area contributed by atoms with Crippen LogP contribution in [0.25, 0.3) is 0 Å². The van der Waals surface area contributed by atoms with Crippen LogP contribution in [0.3, 0.4) is 0 Å². The summed E-state index contributed by atoms with van der Waals surface area (Å²) in [5.41, 5.74) is -1.96. The van der Waals surface area contributed by atoms with E-state index in [2.05, 4.69) is 5.32 Å². The lowest BCUT2D eigenvalue weighted by molar-refractivity contribution is -0.0724. The van der Waals surface area contributed by atoms with Crippen LogP contribution in [-0.4, -0.2) is 31.2 Å². The average molecular weight is 179 g/mol. The van der Waals surface area contributed by atoms with E-state index in [0.717, 1.165) is 0 Å². The van der Waals surface area contributed by atoms with Gasteiger partial charge in [0.2, 0.25) is 0 Å². The van der Waals surface area contributed by atoms with E-state index < -0.39 is 17.6 Å². The maximum Gasteiger partial charge on any atom is 0.259 e. The molecular formula is C8H15F2NO. The molecule has 0 aliphatic carbocycles. The minimum atomic E-state index is -2.39. The van der Waals surface area contributed by atoms with E-state index in [1.165, 1.54) is 0 Å². The Labute approximate surface area is 71.3 Å². The summed E-state index contributed by atoms with van der Waals surface area (Å²) in [5, 5.41) is 2.69. The second-order valence-electron chi connectivity index (χ2n) is 3.63. The third-order valence-corrected chi connectivity index (χ3v) is 2.85. The minimum absolute atomic E-state index is 0.369. The molecular weight excluding hydrogens is 164 g/mol. The zero-order valence-corrected chi connectivity index (χ0v) is 7.66. The number of hydrogen-bond donors (Lipinski definition) is 1. The first-order valence-electron chi connectivity index (χ1n) is 4.07. The molecule has 4 heteroatoms. The highest BCUT2D eigenvalue weighted by atomic mass is 19.3. The highest BCUT2D eigenvalue weighted by Crippen LogP contribution is 2.39. The van der Waals surface area contributed by atoms with Gasteiger partial charge in [0.1, 0.15) is 5.54 Å². The van der Waals surface area contributed by atoms with Crippen molar-refractivity contribution in [2.24, 2.45) is 0 Å². The van der Waals surface area contributed by atoms with Crippen LogP contribution in [-0.2, 0) is 4.74 Å². The van der Waals surface area contributed by atoms with Crippen molar-refractivity contribution in [1.82, 2.24) is 5.32 Å². The molecule has 72 valence electrons. The lowest BCUT2D eigenvalue weighted by Gasteiger charge is -2.38. The fraction of sp³-hybridized carbons (Fsp3) is 1.00. The maximum absolute atomic E-state index is 12.7. The number of nitrogens with one attached hydrogen (secondary N) is 1. The Morgan fingerprint density at radius 3 is 2.17 bits per heavy atom. The Bertz CT molecular complexity index is 172. The highest BCUT2D eigenvalue weighted by molar-refractivity contribution is 5.07. The number of ether oxygens (including phenoxy) is 1. The molecule has 0 aromatic rings. The molecule has 0 aromatic heterocycles. The first-order valence-corrected chi connectivity index (χ1v) is 4.07. The molecule has 1 N–H and O–H groups in total. The number of hydrogen-bond acceptors (Lipinski definition) is 2. The summed E-state index contributed by atoms with van der Waals surface area (Å²) in [4.78, 5) is 0. The molecule has 0 bridgehead atoms. The summed E-state index contributed by atoms with van der Waals surface area (Å²) < 4.78 is 30.8. The van der Waals surface area contributed by atoms with Crippen molar-refractivity contribution in [2.45, 2.75) is 37.8 Å². The third-order valence-electron chi connectivity index (χ3n) is 2.85. The molecule has 1 aliphatic rings. The van der Waals surface area contributed by atoms with Crippen LogP contribution in [0.15, 0.2) is 0 Å². The average Bonchev–Trinajstić information content (AvgIpc) is 2.25. The van der Waals surface area contributed by atoms with Crippen LogP contribution in [0.1, 0.15) is 20.3 Å². The third kappa shape index (κ3) is 1.13. The molecule has 2 nitrogen and oxygen atoms in total. The van der Waals surface area contributed by atoms with Gasteiger partial charge < -0.3 is 10.1 Å². The second-order valence-corrected chi connectivity index (χ2v) is 3.63. The molecule has 1 fully saturated rings. The van der Waals surface area contributed by atoms with Gasteiger partial charge in [0.15, 0.2) is 0 Å². The van der Waals surface area contributed by atoms with Gasteiger partial charge in [-0.15, -0.1) is 0 Å². The lowest BCUT2D eigenvalue weighted by Crippen LogP contribution is -2.60. The number of likely N-dealkylation sites (N-methyl/N-ethyl adjacent to an activating group) is 1. The van der Waals surface area contributed by atoms with Crippen LogP contribution in [0, 0.1) is 0 Å². The molecule has 1 unspecified atom stereocenters. The van der Waals surface area contributed by atoms with Gasteiger partial charge in [-0.05, 0) is 27.3 Å². The molecule has 0 spiro atoms. The number of rotatable bonds is 2. The van der Waals surface area contributed by atoms with Crippen LogP contribution in [0.4, 0.5) is 8.78 Å². The molecule has 1 atom stereocenters. The van der Waals surface area contributed by atoms with Crippen molar-refractivity contribution < 1.29 is 13.5 Å². The predicted molar refractivity (Wildman–Crippen MR) is 42.4 cm³/mol. The fourth-order valence-electron chi connectivity index (χ4n) is 1.80. The monoisotopic (exact) mass is 179 g/mol. The van der Waals surface area contributed by atoms with E-state index in [9.17, 15) is 8.78 Å². The molecule has 1 rings (SSSR count). The van der Waals surface area contributed by atoms with Crippen molar-refractivity contribution in [3.8, 4) is 0 Å². The molecule has 1 saturated heterocycles. The van der Waals surface area contributed by atoms with Gasteiger partial charge in [-0.3, -0.25) is 0 Å². The van der Waals surface area contributed by atoms with Gasteiger partial charge in [0, 0.05) is 6.61 Å². The van der Waals surface area contributed by atoms with Crippen molar-refractivity contribution in [2.75, 3.05) is 13.7 Å². The SMILES string of the molecule is CNC1(C(F)F)CCOC1(C)C. The smallest absolute Gasteiger partial charge is 0.259 e. The largest absolute Gasteiger partial charge is 0.373 e. The summed E-state index contributed by atoms with van der Waals surface area (Å²) in [6.07, 6.45) is -2.02. The Morgan fingerprint density at radius 1 is 1.42 bits per heavy atom. The van der Waals surface area contributed by atoms with Crippen LogP contribution in [0.5, 0.6) is 0 Å². The normalized spacial score (nSPS) is 34.5. The van der Waals surface area contributed by atoms with Gasteiger partial charge in [-0.25, -0.2) is 8.78 Å². The van der Waals surface area contributed by atoms with Crippen molar-refractivity contribution in [1.29, 1.82) is 0 Å². The summed E-state index contributed by atoms with van der Waals surface area (Å²) in [7, 11) is 1.56. The lowest BCUT2D eigenvalue weighted by atomic mass is 9.82. The van der Waals surface area contributed by atoms with Crippen LogP contribution >= 0.6 is 0 Å². The Hall–Kier alpha value is -0.220. The molecule has 1 aliphatic heterocycles. The van der Waals surface area contributed by atoms with Crippen LogP contribution < -0.4 is 5.32 Å². The fourth-order valence-corrected chi connectivity index (χ4v) is 1.80. The van der Waals surface area contributed by atoms with E-state index in [1.807, 2.05) is 0 Å². The Morgan fingerprint density at radius 2 is 2.00 bits per heavy atom. The van der Waals surface area contributed by atoms with Gasteiger partial charge in [-0.2, -0.15) is 0 Å². The van der Waals surface area contributed by atoms with E-state index in [-0.39, 0.29) is 0 Å². The van der Waals surface area contributed by atoms with E-state index >= 15 is 0 Å². The van der Waals surface area contributed by atoms with E-state index in [4.69, 9.17) is 4.74 Å². The maximum atomic E-state index is 12.7. The van der Waals surface area contributed by atoms with Gasteiger partial charge >= 0.3 is 0 Å². The summed E-state index contributed by atoms with van der Waals surface area (Å²) in [5.74, 6) is 0. The topological polar surface area (TPSA) is 21.3 Å².